The second-order valence-corrected chi connectivity index (χ2v) is 22.1. The first-order valence-electron chi connectivity index (χ1n) is 31.0. The van der Waals surface area contributed by atoms with Gasteiger partial charge >= 0.3 is 0 Å². The zero-order chi connectivity index (χ0) is 51.5. The van der Waals surface area contributed by atoms with Gasteiger partial charge in [-0.3, -0.25) is 0 Å². The van der Waals surface area contributed by atoms with Crippen LogP contribution < -0.4 is 18.9 Å². The molecule has 404 valence electrons. The number of rotatable bonds is 46. The van der Waals surface area contributed by atoms with Gasteiger partial charge in [-0.1, -0.05) is 255 Å². The third-order valence-corrected chi connectivity index (χ3v) is 15.5. The molecule has 0 aliphatic carbocycles. The van der Waals surface area contributed by atoms with Crippen LogP contribution in [0.25, 0.3) is 24.3 Å². The molecule has 0 radical (unpaired) electrons. The summed E-state index contributed by atoms with van der Waals surface area (Å²) in [4.78, 5) is 4.84. The van der Waals surface area contributed by atoms with E-state index >= 15 is 0 Å². The molecule has 0 aliphatic heterocycles. The zero-order valence-electron chi connectivity index (χ0n) is 47.9. The third-order valence-electron chi connectivity index (χ3n) is 15.5. The Morgan fingerprint density at radius 1 is 0.274 bits per heavy atom. The first-order chi connectivity index (χ1) is 36.0. The Hall–Kier alpha value is -4.18. The fourth-order valence-electron chi connectivity index (χ4n) is 10.3. The third kappa shape index (κ3) is 30.7. The molecule has 4 aromatic rings. The van der Waals surface area contributed by atoms with E-state index in [4.69, 9.17) is 0 Å². The predicted molar refractivity (Wildman–Crippen MR) is 323 cm³/mol. The van der Waals surface area contributed by atoms with E-state index in [1.54, 1.807) is 0 Å². The van der Waals surface area contributed by atoms with E-state index in [-0.39, 0.29) is 0 Å². The molecule has 2 heterocycles. The Balaban J connectivity index is 0.971. The molecule has 0 N–H and O–H groups in total. The summed E-state index contributed by atoms with van der Waals surface area (Å²) in [6.45, 7) is 9.00. The normalized spacial score (nSPS) is 11.7. The molecule has 4 rings (SSSR count). The van der Waals surface area contributed by atoms with Gasteiger partial charge in [0.2, 0.25) is 0 Å². The smallest absolute Gasteiger partial charge is 0.169 e. The summed E-state index contributed by atoms with van der Waals surface area (Å²) in [5.74, 6) is 0. The highest BCUT2D eigenvalue weighted by Gasteiger charge is 2.06. The molecule has 0 fully saturated rings. The van der Waals surface area contributed by atoms with Gasteiger partial charge in [0.05, 0.1) is 0 Å². The van der Waals surface area contributed by atoms with E-state index in [0.717, 1.165) is 26.2 Å². The molecule has 4 heteroatoms. The maximum absolute atomic E-state index is 2.42. The number of hydrogen-bond acceptors (Lipinski definition) is 2. The highest BCUT2D eigenvalue weighted by molar-refractivity contribution is 5.71. The maximum Gasteiger partial charge on any atom is 0.169 e. The van der Waals surface area contributed by atoms with E-state index < -0.39 is 0 Å². The van der Waals surface area contributed by atoms with Crippen LogP contribution in [0.15, 0.2) is 97.6 Å². The summed E-state index contributed by atoms with van der Waals surface area (Å²) in [7, 11) is 4.48. The van der Waals surface area contributed by atoms with Crippen molar-refractivity contribution in [2.45, 2.75) is 252 Å². The summed E-state index contributed by atoms with van der Waals surface area (Å²) in [6.07, 6.45) is 66.9. The Labute approximate surface area is 451 Å². The molecule has 0 aliphatic rings. The Morgan fingerprint density at radius 3 is 0.753 bits per heavy atom. The highest BCUT2D eigenvalue weighted by atomic mass is 15.1. The number of unbranched alkanes of at least 4 members (excludes halogenated alkanes) is 32. The molecular weight excluding hydrogens is 885 g/mol. The van der Waals surface area contributed by atoms with Crippen molar-refractivity contribution in [1.29, 1.82) is 0 Å². The summed E-state index contributed by atoms with van der Waals surface area (Å²) in [6, 6.07) is 27.1. The van der Waals surface area contributed by atoms with Crippen molar-refractivity contribution in [3.8, 4) is 0 Å². The van der Waals surface area contributed by atoms with Crippen LogP contribution in [0, 0.1) is 0 Å². The van der Waals surface area contributed by atoms with E-state index in [1.165, 1.54) is 258 Å². The summed E-state index contributed by atoms with van der Waals surface area (Å²) < 4.78 is 4.65. The van der Waals surface area contributed by atoms with Gasteiger partial charge in [-0.15, -0.1) is 0 Å². The van der Waals surface area contributed by atoms with E-state index in [2.05, 4.69) is 169 Å². The quantitative estimate of drug-likeness (QED) is 0.0324. The number of pyridine rings is 2. The largest absolute Gasteiger partial charge is 0.375 e. The Morgan fingerprint density at radius 2 is 0.493 bits per heavy atom. The van der Waals surface area contributed by atoms with Crippen LogP contribution in [0.1, 0.15) is 261 Å². The number of benzene rings is 2. The van der Waals surface area contributed by atoms with Crippen LogP contribution in [0.4, 0.5) is 11.4 Å². The maximum atomic E-state index is 2.42. The summed E-state index contributed by atoms with van der Waals surface area (Å²) in [5.41, 5.74) is 7.61. The fourth-order valence-corrected chi connectivity index (χ4v) is 10.3. The van der Waals surface area contributed by atoms with Crippen LogP contribution in [-0.2, 0) is 13.1 Å². The monoisotopic (exact) mass is 995 g/mol. The average Bonchev–Trinajstić information content (AvgIpc) is 3.42. The van der Waals surface area contributed by atoms with Crippen molar-refractivity contribution in [3.63, 3.8) is 0 Å². The van der Waals surface area contributed by atoms with Crippen LogP contribution >= 0.6 is 0 Å². The molecule has 0 atom stereocenters. The average molecular weight is 996 g/mol. The van der Waals surface area contributed by atoms with Gasteiger partial charge in [-0.05, 0) is 65.8 Å². The van der Waals surface area contributed by atoms with Crippen molar-refractivity contribution in [1.82, 2.24) is 0 Å². The lowest BCUT2D eigenvalue weighted by Crippen LogP contribution is -2.34. The predicted octanol–water partition coefficient (Wildman–Crippen LogP) is 19.9. The molecular formula is C69H110N4+2. The van der Waals surface area contributed by atoms with Gasteiger partial charge < -0.3 is 9.80 Å². The zero-order valence-corrected chi connectivity index (χ0v) is 47.9. The minimum Gasteiger partial charge on any atom is -0.375 e. The number of hydrogen-bond donors (Lipinski definition) is 0. The van der Waals surface area contributed by atoms with Gasteiger partial charge in [-0.25, -0.2) is 9.13 Å². The van der Waals surface area contributed by atoms with Gasteiger partial charge in [0.15, 0.2) is 24.8 Å². The van der Waals surface area contributed by atoms with Crippen molar-refractivity contribution >= 4 is 35.7 Å². The minimum absolute atomic E-state index is 1.06. The van der Waals surface area contributed by atoms with Gasteiger partial charge in [0, 0.05) is 75.7 Å². The van der Waals surface area contributed by atoms with Crippen LogP contribution in [0.5, 0.6) is 0 Å². The van der Waals surface area contributed by atoms with E-state index in [9.17, 15) is 0 Å². The molecule has 73 heavy (non-hydrogen) atoms. The molecule has 2 aromatic carbocycles. The van der Waals surface area contributed by atoms with Crippen LogP contribution in [-0.4, -0.2) is 27.2 Å². The number of aromatic nitrogens is 2. The lowest BCUT2D eigenvalue weighted by atomic mass is 10.0. The first-order valence-corrected chi connectivity index (χ1v) is 31.0. The van der Waals surface area contributed by atoms with Crippen LogP contribution in [0.2, 0.25) is 0 Å². The van der Waals surface area contributed by atoms with Gasteiger partial charge in [0.1, 0.15) is 13.1 Å². The standard InChI is InChI=1S/C69H110N4/c1-5-7-9-11-13-15-17-19-21-23-25-27-29-31-33-36-56-70(3)68-48-44-64(45-49-68)40-42-66-52-60-72(61-53-66)58-38-35-39-59-73-62-54-67(55-63-73)43-41-65-46-50-69(51-47-65)71(4)57-37-34-32-30-28-26-24-22-20-18-16-14-12-10-8-6-2/h40-55,60-63H,5-39,56-59H2,1-4H3/q+2. The van der Waals surface area contributed by atoms with Crippen molar-refractivity contribution in [3.05, 3.63) is 120 Å². The Bertz CT molecular complexity index is 1770. The fraction of sp³-hybridized carbons (Fsp3) is 0.623. The molecule has 0 saturated carbocycles. The molecule has 0 unspecified atom stereocenters. The van der Waals surface area contributed by atoms with Crippen LogP contribution in [0.3, 0.4) is 0 Å². The minimum atomic E-state index is 1.06. The molecule has 0 bridgehead atoms. The molecule has 4 nitrogen and oxygen atoms in total. The number of aryl methyl sites for hydroxylation is 2. The Kier molecular flexibility index (Phi) is 35.4. The summed E-state index contributed by atoms with van der Waals surface area (Å²) in [5, 5.41) is 0. The van der Waals surface area contributed by atoms with E-state index in [0.29, 0.717) is 0 Å². The van der Waals surface area contributed by atoms with Gasteiger partial charge in [0.25, 0.3) is 0 Å². The topological polar surface area (TPSA) is 14.2 Å². The lowest BCUT2D eigenvalue weighted by molar-refractivity contribution is -0.701. The molecule has 0 spiro atoms. The van der Waals surface area contributed by atoms with Gasteiger partial charge in [-0.2, -0.15) is 0 Å². The SMILES string of the molecule is CCCCCCCCCCCCCCCCCCN(C)c1ccc(C=Cc2cc[n+](CCCCC[n+]3ccc(C=Cc4ccc(N(C)CCCCCCCCCCCCCCCCCC)cc4)cc3)cc2)cc1. The molecule has 2 aromatic heterocycles. The van der Waals surface area contributed by atoms with E-state index in [1.807, 2.05) is 0 Å². The second-order valence-electron chi connectivity index (χ2n) is 22.1. The summed E-state index contributed by atoms with van der Waals surface area (Å²) >= 11 is 0. The number of anilines is 2. The molecule has 0 saturated heterocycles. The first kappa shape index (κ1) is 61.4. The number of nitrogens with zero attached hydrogens (tertiary/aromatic N) is 4. The second kappa shape index (κ2) is 42.1. The lowest BCUT2D eigenvalue weighted by Gasteiger charge is -2.19. The molecule has 0 amide bonds. The van der Waals surface area contributed by atoms with Crippen molar-refractivity contribution in [2.24, 2.45) is 0 Å². The van der Waals surface area contributed by atoms with Crippen molar-refractivity contribution < 1.29 is 9.13 Å². The highest BCUT2D eigenvalue weighted by Crippen LogP contribution is 2.20. The van der Waals surface area contributed by atoms with Crippen molar-refractivity contribution in [2.75, 3.05) is 37.0 Å².